The van der Waals surface area contributed by atoms with Crippen molar-refractivity contribution in [1.82, 2.24) is 10.2 Å². The summed E-state index contributed by atoms with van der Waals surface area (Å²) in [6.07, 6.45) is 1.23. The van der Waals surface area contributed by atoms with Crippen LogP contribution in [0.1, 0.15) is 13.3 Å². The molecule has 0 bridgehead atoms. The summed E-state index contributed by atoms with van der Waals surface area (Å²) in [4.78, 5) is 3.70. The first-order valence-electron chi connectivity index (χ1n) is 6.40. The number of benzene rings is 1. The molecule has 0 spiro atoms. The van der Waals surface area contributed by atoms with Gasteiger partial charge in [0.25, 0.3) is 0 Å². The van der Waals surface area contributed by atoms with E-state index in [1.807, 2.05) is 11.8 Å². The molecule has 2 nitrogen and oxygen atoms in total. The maximum absolute atomic E-state index is 3.48. The molecule has 3 heteroatoms. The monoisotopic (exact) mass is 252 g/mol. The van der Waals surface area contributed by atoms with E-state index in [1.54, 1.807) is 0 Å². The summed E-state index contributed by atoms with van der Waals surface area (Å²) in [6, 6.07) is 10.6. The summed E-state index contributed by atoms with van der Waals surface area (Å²) < 4.78 is 0. The van der Waals surface area contributed by atoms with Gasteiger partial charge in [-0.1, -0.05) is 25.1 Å². The Bertz CT molecular complexity index is 277. The normalized spacial score (nSPS) is 11.0. The molecule has 0 atom stereocenters. The summed E-state index contributed by atoms with van der Waals surface area (Å²) >= 11 is 1.94. The first kappa shape index (κ1) is 14.6. The lowest BCUT2D eigenvalue weighted by Gasteiger charge is -2.13. The van der Waals surface area contributed by atoms with Crippen LogP contribution in [0.4, 0.5) is 0 Å². The fourth-order valence-corrected chi connectivity index (χ4v) is 2.33. The molecule has 0 amide bonds. The molecule has 0 fully saturated rings. The third-order valence-corrected chi connectivity index (χ3v) is 3.82. The van der Waals surface area contributed by atoms with Gasteiger partial charge in [0.15, 0.2) is 0 Å². The van der Waals surface area contributed by atoms with Crippen molar-refractivity contribution in [3.63, 3.8) is 0 Å². The highest BCUT2D eigenvalue weighted by atomic mass is 32.2. The first-order valence-corrected chi connectivity index (χ1v) is 7.38. The highest BCUT2D eigenvalue weighted by Crippen LogP contribution is 2.17. The van der Waals surface area contributed by atoms with Crippen LogP contribution in [0, 0.1) is 0 Å². The molecular weight excluding hydrogens is 228 g/mol. The molecule has 0 radical (unpaired) electrons. The van der Waals surface area contributed by atoms with Crippen LogP contribution in [-0.2, 0) is 0 Å². The highest BCUT2D eigenvalue weighted by molar-refractivity contribution is 7.99. The Balaban J connectivity index is 1.91. The number of hydrogen-bond acceptors (Lipinski definition) is 3. The smallest absolute Gasteiger partial charge is 0.0104 e. The molecular formula is C14H24N2S. The SMILES string of the molecule is CCN(C)CCNCCCSc1ccccc1. The summed E-state index contributed by atoms with van der Waals surface area (Å²) in [5, 5.41) is 3.48. The number of thioether (sulfide) groups is 1. The van der Waals surface area contributed by atoms with E-state index in [-0.39, 0.29) is 0 Å². The summed E-state index contributed by atoms with van der Waals surface area (Å²) in [6.45, 7) is 6.68. The summed E-state index contributed by atoms with van der Waals surface area (Å²) in [5.74, 6) is 1.20. The maximum Gasteiger partial charge on any atom is 0.0104 e. The Hall–Kier alpha value is -0.510. The molecule has 1 aromatic rings. The zero-order chi connectivity index (χ0) is 12.3. The fourth-order valence-electron chi connectivity index (χ4n) is 1.46. The van der Waals surface area contributed by atoms with Gasteiger partial charge in [0.05, 0.1) is 0 Å². The largest absolute Gasteiger partial charge is 0.315 e. The molecule has 1 aromatic carbocycles. The van der Waals surface area contributed by atoms with Crippen LogP contribution in [0.15, 0.2) is 35.2 Å². The average molecular weight is 252 g/mol. The standard InChI is InChI=1S/C14H24N2S/c1-3-16(2)12-11-15-10-7-13-17-14-8-5-4-6-9-14/h4-6,8-9,15H,3,7,10-13H2,1-2H3. The molecule has 0 aliphatic heterocycles. The van der Waals surface area contributed by atoms with Crippen LogP contribution in [0.2, 0.25) is 0 Å². The van der Waals surface area contributed by atoms with Crippen molar-refractivity contribution in [1.29, 1.82) is 0 Å². The minimum atomic E-state index is 1.10. The maximum atomic E-state index is 3.48. The minimum Gasteiger partial charge on any atom is -0.315 e. The molecule has 0 heterocycles. The predicted molar refractivity (Wildman–Crippen MR) is 77.8 cm³/mol. The fraction of sp³-hybridized carbons (Fsp3) is 0.571. The second kappa shape index (κ2) is 9.51. The number of hydrogen-bond donors (Lipinski definition) is 1. The molecule has 96 valence electrons. The zero-order valence-electron chi connectivity index (χ0n) is 11.0. The van der Waals surface area contributed by atoms with Crippen molar-refractivity contribution in [2.24, 2.45) is 0 Å². The molecule has 0 aliphatic carbocycles. The lowest BCUT2D eigenvalue weighted by molar-refractivity contribution is 0.349. The van der Waals surface area contributed by atoms with Gasteiger partial charge in [0, 0.05) is 18.0 Å². The van der Waals surface area contributed by atoms with Gasteiger partial charge < -0.3 is 10.2 Å². The van der Waals surface area contributed by atoms with Crippen molar-refractivity contribution < 1.29 is 0 Å². The Morgan fingerprint density at radius 1 is 1.18 bits per heavy atom. The van der Waals surface area contributed by atoms with Crippen molar-refractivity contribution in [2.75, 3.05) is 39.0 Å². The van der Waals surface area contributed by atoms with Crippen molar-refractivity contribution >= 4 is 11.8 Å². The first-order chi connectivity index (χ1) is 8.33. The van der Waals surface area contributed by atoms with E-state index in [4.69, 9.17) is 0 Å². The van der Waals surface area contributed by atoms with Gasteiger partial charge in [0.1, 0.15) is 0 Å². The molecule has 17 heavy (non-hydrogen) atoms. The highest BCUT2D eigenvalue weighted by Gasteiger charge is 1.94. The molecule has 0 saturated heterocycles. The van der Waals surface area contributed by atoms with Crippen molar-refractivity contribution in [3.05, 3.63) is 30.3 Å². The van der Waals surface area contributed by atoms with E-state index in [2.05, 4.69) is 54.5 Å². The average Bonchev–Trinajstić information content (AvgIpc) is 2.38. The third kappa shape index (κ3) is 7.42. The van der Waals surface area contributed by atoms with E-state index in [9.17, 15) is 0 Å². The molecule has 0 saturated carbocycles. The Morgan fingerprint density at radius 2 is 1.94 bits per heavy atom. The van der Waals surface area contributed by atoms with Gasteiger partial charge in [-0.05, 0) is 44.4 Å². The van der Waals surface area contributed by atoms with Crippen molar-refractivity contribution in [2.45, 2.75) is 18.2 Å². The van der Waals surface area contributed by atoms with E-state index < -0.39 is 0 Å². The second-order valence-corrected chi connectivity index (χ2v) is 5.33. The summed E-state index contributed by atoms with van der Waals surface area (Å²) in [5.41, 5.74) is 0. The van der Waals surface area contributed by atoms with Crippen LogP contribution >= 0.6 is 11.8 Å². The van der Waals surface area contributed by atoms with Crippen LogP contribution in [-0.4, -0.2) is 43.9 Å². The number of rotatable bonds is 9. The van der Waals surface area contributed by atoms with Gasteiger partial charge in [-0.2, -0.15) is 0 Å². The van der Waals surface area contributed by atoms with Gasteiger partial charge in [-0.15, -0.1) is 11.8 Å². The topological polar surface area (TPSA) is 15.3 Å². The zero-order valence-corrected chi connectivity index (χ0v) is 11.8. The number of nitrogens with one attached hydrogen (secondary N) is 1. The number of likely N-dealkylation sites (N-methyl/N-ethyl adjacent to an activating group) is 1. The molecule has 0 aliphatic rings. The Morgan fingerprint density at radius 3 is 2.65 bits per heavy atom. The van der Waals surface area contributed by atoms with E-state index >= 15 is 0 Å². The van der Waals surface area contributed by atoms with Gasteiger partial charge in [-0.3, -0.25) is 0 Å². The second-order valence-electron chi connectivity index (χ2n) is 4.16. The van der Waals surface area contributed by atoms with Crippen LogP contribution in [0.5, 0.6) is 0 Å². The van der Waals surface area contributed by atoms with E-state index in [1.165, 1.54) is 17.1 Å². The quantitative estimate of drug-likeness (QED) is 0.537. The molecule has 1 rings (SSSR count). The third-order valence-electron chi connectivity index (χ3n) is 2.72. The molecule has 0 unspecified atom stereocenters. The van der Waals surface area contributed by atoms with Gasteiger partial charge in [-0.25, -0.2) is 0 Å². The van der Waals surface area contributed by atoms with Crippen LogP contribution < -0.4 is 5.32 Å². The van der Waals surface area contributed by atoms with E-state index in [0.29, 0.717) is 0 Å². The Labute approximate surface area is 110 Å². The lowest BCUT2D eigenvalue weighted by atomic mass is 10.4. The minimum absolute atomic E-state index is 1.10. The van der Waals surface area contributed by atoms with Crippen LogP contribution in [0.25, 0.3) is 0 Å². The predicted octanol–water partition coefficient (Wildman–Crippen LogP) is 2.71. The van der Waals surface area contributed by atoms with Crippen LogP contribution in [0.3, 0.4) is 0 Å². The Kier molecular flexibility index (Phi) is 8.14. The summed E-state index contributed by atoms with van der Waals surface area (Å²) in [7, 11) is 2.16. The molecule has 1 N–H and O–H groups in total. The van der Waals surface area contributed by atoms with Gasteiger partial charge in [0.2, 0.25) is 0 Å². The van der Waals surface area contributed by atoms with Gasteiger partial charge >= 0.3 is 0 Å². The number of nitrogens with zero attached hydrogens (tertiary/aromatic N) is 1. The lowest BCUT2D eigenvalue weighted by Crippen LogP contribution is -2.29. The van der Waals surface area contributed by atoms with Crippen molar-refractivity contribution in [3.8, 4) is 0 Å². The molecule has 0 aromatic heterocycles. The van der Waals surface area contributed by atoms with E-state index in [0.717, 1.165) is 26.2 Å².